The van der Waals surface area contributed by atoms with Gasteiger partial charge in [0.05, 0.1) is 62.0 Å². The number of benzene rings is 3. The minimum Gasteiger partial charge on any atom is -0.496 e. The van der Waals surface area contributed by atoms with Crippen molar-refractivity contribution in [1.29, 1.82) is 0 Å². The average Bonchev–Trinajstić information content (AvgIpc) is 3.28. The van der Waals surface area contributed by atoms with Gasteiger partial charge in [-0.15, -0.1) is 0 Å². The minimum atomic E-state index is -0.721. The van der Waals surface area contributed by atoms with Crippen molar-refractivity contribution in [2.45, 2.75) is 32.3 Å². The largest absolute Gasteiger partial charge is 0.496 e. The van der Waals surface area contributed by atoms with E-state index >= 15 is 0 Å². The molecule has 0 bridgehead atoms. The van der Waals surface area contributed by atoms with Gasteiger partial charge < -0.3 is 44.1 Å². The van der Waals surface area contributed by atoms with Crippen LogP contribution in [0.15, 0.2) is 35.9 Å². The van der Waals surface area contributed by atoms with E-state index in [1.807, 2.05) is 0 Å². The number of hydrogen-bond donors (Lipinski definition) is 4. The van der Waals surface area contributed by atoms with Gasteiger partial charge in [0.15, 0.2) is 28.8 Å². The smallest absolute Gasteiger partial charge is 0.190 e. The Bertz CT molecular complexity index is 1440. The normalized spacial score (nSPS) is 15.2. The van der Waals surface area contributed by atoms with E-state index in [0.717, 1.165) is 0 Å². The number of allylic oxidation sites excluding steroid dienone is 1. The number of ketones is 1. The molecule has 0 aromatic heterocycles. The standard InChI is InChI=1S/C31H34O10/c1-37-24-8-16(6-19(13-33)29(24)39-3)7-21-26(17-9-20(14-34)30(40-4)25(11-17)38-2)27-22(28(21)36)10-18(12-32)23(15-35)31(27)41-5/h6-11,26,32-35H,12-15H2,1-5H3. The van der Waals surface area contributed by atoms with E-state index in [2.05, 4.69) is 0 Å². The number of Topliss-reactive ketones (excluding diaryl/α,β-unsaturated/α-hetero) is 1. The third-order valence-corrected chi connectivity index (χ3v) is 7.31. The van der Waals surface area contributed by atoms with Gasteiger partial charge in [0.1, 0.15) is 5.75 Å². The first-order valence-corrected chi connectivity index (χ1v) is 12.8. The maximum absolute atomic E-state index is 14.1. The molecule has 41 heavy (non-hydrogen) atoms. The quantitative estimate of drug-likeness (QED) is 0.256. The Morgan fingerprint density at radius 1 is 0.659 bits per heavy atom. The Morgan fingerprint density at radius 3 is 1.73 bits per heavy atom. The Balaban J connectivity index is 2.09. The van der Waals surface area contributed by atoms with E-state index in [0.29, 0.717) is 73.1 Å². The number of aliphatic hydroxyl groups is 4. The van der Waals surface area contributed by atoms with Gasteiger partial charge in [-0.3, -0.25) is 4.79 Å². The first-order valence-electron chi connectivity index (χ1n) is 12.8. The van der Waals surface area contributed by atoms with Crippen molar-refractivity contribution < 1.29 is 48.9 Å². The lowest BCUT2D eigenvalue weighted by Gasteiger charge is -2.22. The van der Waals surface area contributed by atoms with Crippen LogP contribution in [0.5, 0.6) is 28.7 Å². The highest BCUT2D eigenvalue weighted by Crippen LogP contribution is 2.51. The van der Waals surface area contributed by atoms with Crippen LogP contribution in [0.4, 0.5) is 0 Å². The average molecular weight is 567 g/mol. The molecule has 4 rings (SSSR count). The molecule has 3 aromatic carbocycles. The zero-order valence-electron chi connectivity index (χ0n) is 23.6. The predicted molar refractivity (Wildman–Crippen MR) is 150 cm³/mol. The van der Waals surface area contributed by atoms with Crippen LogP contribution in [0.2, 0.25) is 0 Å². The summed E-state index contributed by atoms with van der Waals surface area (Å²) < 4.78 is 27.7. The Hall–Kier alpha value is -4.09. The van der Waals surface area contributed by atoms with Crippen molar-refractivity contribution in [2.75, 3.05) is 35.5 Å². The van der Waals surface area contributed by atoms with Gasteiger partial charge in [-0.05, 0) is 53.1 Å². The van der Waals surface area contributed by atoms with Crippen LogP contribution in [-0.4, -0.2) is 61.8 Å². The number of methoxy groups -OCH3 is 5. The molecule has 1 atom stereocenters. The maximum atomic E-state index is 14.1. The Kier molecular flexibility index (Phi) is 9.19. The second-order valence-electron chi connectivity index (χ2n) is 9.33. The molecule has 10 heteroatoms. The molecule has 0 amide bonds. The Morgan fingerprint density at radius 2 is 1.22 bits per heavy atom. The highest BCUT2D eigenvalue weighted by atomic mass is 16.5. The summed E-state index contributed by atoms with van der Waals surface area (Å²) in [4.78, 5) is 14.1. The van der Waals surface area contributed by atoms with E-state index in [1.54, 1.807) is 36.4 Å². The number of ether oxygens (including phenoxy) is 5. The van der Waals surface area contributed by atoms with Crippen molar-refractivity contribution in [1.82, 2.24) is 0 Å². The molecule has 218 valence electrons. The van der Waals surface area contributed by atoms with Crippen LogP contribution in [-0.2, 0) is 26.4 Å². The zero-order valence-corrected chi connectivity index (χ0v) is 23.6. The van der Waals surface area contributed by atoms with Gasteiger partial charge in [0.2, 0.25) is 0 Å². The molecule has 1 aliphatic rings. The molecular formula is C31H34O10. The lowest BCUT2D eigenvalue weighted by molar-refractivity contribution is 0.103. The summed E-state index contributed by atoms with van der Waals surface area (Å²) in [6, 6.07) is 8.42. The van der Waals surface area contributed by atoms with Crippen LogP contribution in [0.3, 0.4) is 0 Å². The van der Waals surface area contributed by atoms with Crippen LogP contribution in [0.1, 0.15) is 55.2 Å². The van der Waals surface area contributed by atoms with Gasteiger partial charge in [-0.1, -0.05) is 0 Å². The summed E-state index contributed by atoms with van der Waals surface area (Å²) in [6.07, 6.45) is 1.69. The number of carbonyl (C=O) groups excluding carboxylic acids is 1. The third-order valence-electron chi connectivity index (χ3n) is 7.31. The molecule has 10 nitrogen and oxygen atoms in total. The van der Waals surface area contributed by atoms with Crippen molar-refractivity contribution in [3.05, 3.63) is 80.4 Å². The summed E-state index contributed by atoms with van der Waals surface area (Å²) in [6.45, 7) is -1.50. The number of hydrogen-bond acceptors (Lipinski definition) is 10. The monoisotopic (exact) mass is 566 g/mol. The minimum absolute atomic E-state index is 0.277. The molecule has 0 spiro atoms. The molecular weight excluding hydrogens is 532 g/mol. The summed E-state index contributed by atoms with van der Waals surface area (Å²) in [5.41, 5.74) is 3.99. The maximum Gasteiger partial charge on any atom is 0.190 e. The molecule has 0 radical (unpaired) electrons. The Labute approximate surface area is 238 Å². The van der Waals surface area contributed by atoms with Gasteiger partial charge in [0.25, 0.3) is 0 Å². The van der Waals surface area contributed by atoms with Crippen molar-refractivity contribution >= 4 is 11.9 Å². The second kappa shape index (κ2) is 12.6. The molecule has 0 fully saturated rings. The highest BCUT2D eigenvalue weighted by molar-refractivity contribution is 6.18. The highest BCUT2D eigenvalue weighted by Gasteiger charge is 2.40. The third kappa shape index (κ3) is 5.11. The molecule has 0 saturated heterocycles. The van der Waals surface area contributed by atoms with Crippen molar-refractivity contribution in [3.8, 4) is 28.7 Å². The molecule has 0 heterocycles. The summed E-state index contributed by atoms with van der Waals surface area (Å²) in [5.74, 6) is 0.714. The first kappa shape index (κ1) is 29.9. The van der Waals surface area contributed by atoms with E-state index in [4.69, 9.17) is 23.7 Å². The number of fused-ring (bicyclic) bond motifs is 1. The van der Waals surface area contributed by atoms with Crippen LogP contribution < -0.4 is 23.7 Å². The van der Waals surface area contributed by atoms with Crippen molar-refractivity contribution in [2.24, 2.45) is 0 Å². The van der Waals surface area contributed by atoms with E-state index in [1.165, 1.54) is 35.5 Å². The number of rotatable bonds is 11. The zero-order chi connectivity index (χ0) is 29.8. The fraction of sp³-hybridized carbons (Fsp3) is 0.323. The summed E-state index contributed by atoms with van der Waals surface area (Å²) in [5, 5.41) is 40.4. The SMILES string of the molecule is COc1cc(C=C2C(=O)c3cc(CO)c(CO)c(OC)c3C2c2cc(CO)c(OC)c(OC)c2)cc(CO)c1OC. The van der Waals surface area contributed by atoms with E-state index in [-0.39, 0.29) is 24.7 Å². The van der Waals surface area contributed by atoms with Gasteiger partial charge in [-0.25, -0.2) is 0 Å². The number of carbonyl (C=O) groups is 1. The second-order valence-corrected chi connectivity index (χ2v) is 9.33. The molecule has 1 aliphatic carbocycles. The van der Waals surface area contributed by atoms with E-state index in [9.17, 15) is 25.2 Å². The topological polar surface area (TPSA) is 144 Å². The van der Waals surface area contributed by atoms with Crippen molar-refractivity contribution in [3.63, 3.8) is 0 Å². The molecule has 1 unspecified atom stereocenters. The fourth-order valence-corrected chi connectivity index (χ4v) is 5.53. The van der Waals surface area contributed by atoms with Gasteiger partial charge in [0, 0.05) is 39.3 Å². The molecule has 0 saturated carbocycles. The predicted octanol–water partition coefficient (Wildman–Crippen LogP) is 3.11. The summed E-state index contributed by atoms with van der Waals surface area (Å²) >= 11 is 0. The molecule has 0 aliphatic heterocycles. The van der Waals surface area contributed by atoms with E-state index < -0.39 is 19.1 Å². The fourth-order valence-electron chi connectivity index (χ4n) is 5.53. The van der Waals surface area contributed by atoms with Gasteiger partial charge >= 0.3 is 0 Å². The molecule has 3 aromatic rings. The van der Waals surface area contributed by atoms with Crippen LogP contribution in [0.25, 0.3) is 6.08 Å². The van der Waals surface area contributed by atoms with Crippen LogP contribution in [0, 0.1) is 0 Å². The first-order chi connectivity index (χ1) is 19.8. The molecule has 4 N–H and O–H groups in total. The van der Waals surface area contributed by atoms with Crippen LogP contribution >= 0.6 is 0 Å². The lowest BCUT2D eigenvalue weighted by atomic mass is 9.85. The lowest BCUT2D eigenvalue weighted by Crippen LogP contribution is -2.08. The summed E-state index contributed by atoms with van der Waals surface area (Å²) in [7, 11) is 7.34. The van der Waals surface area contributed by atoms with Gasteiger partial charge in [-0.2, -0.15) is 0 Å². The number of aliphatic hydroxyl groups excluding tert-OH is 4.